The molecule has 2 N–H and O–H groups in total. The smallest absolute Gasteiger partial charge is 0.360 e. The van der Waals surface area contributed by atoms with E-state index in [9.17, 15) is 18.0 Å². The number of para-hydroxylation sites is 1. The third kappa shape index (κ3) is 4.36. The topological polar surface area (TPSA) is 57.8 Å². The molecule has 0 radical (unpaired) electrons. The zero-order valence-electron chi connectivity index (χ0n) is 17.7. The molecule has 34 heavy (non-hydrogen) atoms. The zero-order chi connectivity index (χ0) is 23.7. The molecule has 0 saturated carbocycles. The van der Waals surface area contributed by atoms with Gasteiger partial charge in [0.1, 0.15) is 0 Å². The molecule has 0 saturated heterocycles. The number of pyridine rings is 1. The lowest BCUT2D eigenvalue weighted by atomic mass is 10.1. The van der Waals surface area contributed by atoms with Crippen LogP contribution in [0.2, 0.25) is 0 Å². The lowest BCUT2D eigenvalue weighted by Gasteiger charge is -2.11. The summed E-state index contributed by atoms with van der Waals surface area (Å²) in [6, 6.07) is 20.2. The van der Waals surface area contributed by atoms with E-state index < -0.39 is 17.6 Å². The zero-order valence-corrected chi connectivity index (χ0v) is 18.5. The van der Waals surface area contributed by atoms with Crippen molar-refractivity contribution in [2.75, 3.05) is 5.32 Å². The molecule has 3 aromatic carbocycles. The van der Waals surface area contributed by atoms with Crippen molar-refractivity contribution < 1.29 is 18.0 Å². The molecule has 5 rings (SSSR count). The van der Waals surface area contributed by atoms with Gasteiger partial charge in [0.25, 0.3) is 5.91 Å². The van der Waals surface area contributed by atoms with Gasteiger partial charge in [-0.25, -0.2) is 0 Å². The quantitative estimate of drug-likeness (QED) is 0.262. The van der Waals surface area contributed by atoms with E-state index in [0.717, 1.165) is 44.4 Å². The first-order chi connectivity index (χ1) is 16.4. The van der Waals surface area contributed by atoms with Crippen molar-refractivity contribution in [3.8, 4) is 0 Å². The van der Waals surface area contributed by atoms with Gasteiger partial charge < -0.3 is 10.3 Å². The molecule has 0 spiro atoms. The lowest BCUT2D eigenvalue weighted by Crippen LogP contribution is -2.13. The number of hydrogen-bond donors (Lipinski definition) is 2. The SMILES string of the molecule is O=C(Nc1cccc(C(F)(F)F)c1)c1c[nH]c2cccc(SCc3ccnc4ccccc34)c12. The number of benzene rings is 3. The molecule has 0 aliphatic carbocycles. The Morgan fingerprint density at radius 3 is 2.68 bits per heavy atom. The molecular formula is C26H18F3N3OS. The number of carbonyl (C=O) groups excluding carboxylic acids is 1. The number of thioether (sulfide) groups is 1. The van der Waals surface area contributed by atoms with Crippen molar-refractivity contribution in [2.45, 2.75) is 16.8 Å². The van der Waals surface area contributed by atoms with Crippen LogP contribution in [-0.2, 0) is 11.9 Å². The Kier molecular flexibility index (Phi) is 5.75. The van der Waals surface area contributed by atoms with Crippen LogP contribution in [0.3, 0.4) is 0 Å². The van der Waals surface area contributed by atoms with Crippen LogP contribution in [0.5, 0.6) is 0 Å². The Morgan fingerprint density at radius 2 is 1.82 bits per heavy atom. The molecule has 170 valence electrons. The Bertz CT molecular complexity index is 1510. The molecule has 0 fully saturated rings. The summed E-state index contributed by atoms with van der Waals surface area (Å²) < 4.78 is 39.1. The summed E-state index contributed by atoms with van der Waals surface area (Å²) in [7, 11) is 0. The van der Waals surface area contributed by atoms with Crippen molar-refractivity contribution in [1.82, 2.24) is 9.97 Å². The van der Waals surface area contributed by atoms with Crippen LogP contribution >= 0.6 is 11.8 Å². The Hall–Kier alpha value is -3.78. The molecule has 0 atom stereocenters. The molecule has 4 nitrogen and oxygen atoms in total. The van der Waals surface area contributed by atoms with Gasteiger partial charge in [-0.05, 0) is 48.0 Å². The fraction of sp³-hybridized carbons (Fsp3) is 0.0769. The average molecular weight is 478 g/mol. The molecule has 8 heteroatoms. The van der Waals surface area contributed by atoms with Crippen LogP contribution in [0.4, 0.5) is 18.9 Å². The number of halogens is 3. The van der Waals surface area contributed by atoms with Gasteiger partial charge in [-0.2, -0.15) is 13.2 Å². The summed E-state index contributed by atoms with van der Waals surface area (Å²) in [5.74, 6) is 0.190. The molecule has 1 amide bonds. The third-order valence-electron chi connectivity index (χ3n) is 5.48. The molecule has 2 heterocycles. The normalized spacial score (nSPS) is 11.7. The maximum atomic E-state index is 13.0. The molecule has 0 aliphatic heterocycles. The van der Waals surface area contributed by atoms with Crippen LogP contribution < -0.4 is 5.32 Å². The minimum absolute atomic E-state index is 0.0857. The van der Waals surface area contributed by atoms with Gasteiger partial charge >= 0.3 is 6.18 Å². The number of aromatic amines is 1. The van der Waals surface area contributed by atoms with Gasteiger partial charge in [0.15, 0.2) is 0 Å². The van der Waals surface area contributed by atoms with Gasteiger partial charge in [0.2, 0.25) is 0 Å². The number of carbonyl (C=O) groups is 1. The van der Waals surface area contributed by atoms with Crippen molar-refractivity contribution in [3.63, 3.8) is 0 Å². The van der Waals surface area contributed by atoms with Gasteiger partial charge in [-0.15, -0.1) is 11.8 Å². The number of amides is 1. The van der Waals surface area contributed by atoms with Gasteiger partial charge in [0, 0.05) is 45.0 Å². The van der Waals surface area contributed by atoms with E-state index in [1.165, 1.54) is 12.1 Å². The number of nitrogens with zero attached hydrogens (tertiary/aromatic N) is 1. The fourth-order valence-corrected chi connectivity index (χ4v) is 4.96. The number of hydrogen-bond acceptors (Lipinski definition) is 3. The minimum Gasteiger partial charge on any atom is -0.360 e. The first-order valence-electron chi connectivity index (χ1n) is 10.4. The highest BCUT2D eigenvalue weighted by molar-refractivity contribution is 7.98. The third-order valence-corrected chi connectivity index (χ3v) is 6.59. The van der Waals surface area contributed by atoms with E-state index in [0.29, 0.717) is 11.3 Å². The highest BCUT2D eigenvalue weighted by Gasteiger charge is 2.30. The number of aromatic nitrogens is 2. The summed E-state index contributed by atoms with van der Waals surface area (Å²) >= 11 is 1.59. The summed E-state index contributed by atoms with van der Waals surface area (Å²) in [6.45, 7) is 0. The van der Waals surface area contributed by atoms with Crippen molar-refractivity contribution in [3.05, 3.63) is 102 Å². The van der Waals surface area contributed by atoms with Crippen molar-refractivity contribution in [2.24, 2.45) is 0 Å². The first-order valence-corrected chi connectivity index (χ1v) is 11.4. The van der Waals surface area contributed by atoms with Crippen LogP contribution in [-0.4, -0.2) is 15.9 Å². The lowest BCUT2D eigenvalue weighted by molar-refractivity contribution is -0.137. The number of anilines is 1. The van der Waals surface area contributed by atoms with Crippen molar-refractivity contribution in [1.29, 1.82) is 0 Å². The van der Waals surface area contributed by atoms with E-state index in [1.807, 2.05) is 48.5 Å². The van der Waals surface area contributed by atoms with E-state index in [-0.39, 0.29) is 5.69 Å². The Balaban J connectivity index is 1.43. The van der Waals surface area contributed by atoms with Gasteiger partial charge in [0.05, 0.1) is 16.6 Å². The number of rotatable bonds is 5. The van der Waals surface area contributed by atoms with Crippen LogP contribution in [0, 0.1) is 0 Å². The number of H-pyrrole nitrogens is 1. The molecule has 0 unspecified atom stereocenters. The standard InChI is InChI=1S/C26H18F3N3OS/c27-26(28,29)17-5-3-6-18(13-17)32-25(33)20-14-31-22-9-4-10-23(24(20)22)34-15-16-11-12-30-21-8-2-1-7-19(16)21/h1-14,31H,15H2,(H,32,33). The number of nitrogens with one attached hydrogen (secondary N) is 2. The highest BCUT2D eigenvalue weighted by atomic mass is 32.2. The van der Waals surface area contributed by atoms with Gasteiger partial charge in [-0.1, -0.05) is 30.3 Å². The molecule has 0 aliphatic rings. The molecule has 2 aromatic heterocycles. The first kappa shape index (κ1) is 22.0. The maximum Gasteiger partial charge on any atom is 0.416 e. The summed E-state index contributed by atoms with van der Waals surface area (Å²) in [5.41, 5.74) is 2.46. The van der Waals surface area contributed by atoms with E-state index in [1.54, 1.807) is 24.2 Å². The largest absolute Gasteiger partial charge is 0.416 e. The number of fused-ring (bicyclic) bond motifs is 2. The average Bonchev–Trinajstić information content (AvgIpc) is 3.27. The minimum atomic E-state index is -4.48. The fourth-order valence-electron chi connectivity index (χ4n) is 3.86. The summed E-state index contributed by atoms with van der Waals surface area (Å²) in [6.07, 6.45) is -1.12. The van der Waals surface area contributed by atoms with Crippen LogP contribution in [0.25, 0.3) is 21.8 Å². The maximum absolute atomic E-state index is 13.0. The van der Waals surface area contributed by atoms with Crippen LogP contribution in [0.15, 0.2) is 90.1 Å². The Morgan fingerprint density at radius 1 is 1.00 bits per heavy atom. The van der Waals surface area contributed by atoms with Crippen LogP contribution in [0.1, 0.15) is 21.5 Å². The highest BCUT2D eigenvalue weighted by Crippen LogP contribution is 2.35. The van der Waals surface area contributed by atoms with E-state index >= 15 is 0 Å². The summed E-state index contributed by atoms with van der Waals surface area (Å²) in [5, 5.41) is 4.40. The van der Waals surface area contributed by atoms with Gasteiger partial charge in [-0.3, -0.25) is 9.78 Å². The second kappa shape index (κ2) is 8.87. The molecule has 5 aromatic rings. The molecular weight excluding hydrogens is 459 g/mol. The Labute approximate surface area is 197 Å². The summed E-state index contributed by atoms with van der Waals surface area (Å²) in [4.78, 5) is 21.4. The second-order valence-corrected chi connectivity index (χ2v) is 8.71. The second-order valence-electron chi connectivity index (χ2n) is 7.69. The monoisotopic (exact) mass is 477 g/mol. The predicted molar refractivity (Wildman–Crippen MR) is 129 cm³/mol. The predicted octanol–water partition coefficient (Wildman–Crippen LogP) is 7.28. The van der Waals surface area contributed by atoms with E-state index in [2.05, 4.69) is 15.3 Å². The van der Waals surface area contributed by atoms with Crippen molar-refractivity contribution >= 4 is 45.2 Å². The van der Waals surface area contributed by atoms with E-state index in [4.69, 9.17) is 0 Å². The number of alkyl halides is 3. The molecule has 0 bridgehead atoms.